The first kappa shape index (κ1) is 14.5. The third-order valence-corrected chi connectivity index (χ3v) is 2.88. The number of hydrogen-bond donors (Lipinski definition) is 0. The van der Waals surface area contributed by atoms with Gasteiger partial charge in [0.25, 0.3) is 6.43 Å². The number of ether oxygens (including phenoxy) is 1. The molecule has 0 saturated carbocycles. The Bertz CT molecular complexity index is 501. The molecule has 1 aromatic heterocycles. The number of pyridine rings is 1. The van der Waals surface area contributed by atoms with E-state index in [0.717, 1.165) is 6.20 Å². The largest absolute Gasteiger partial charge is 0.469 e. The highest BCUT2D eigenvalue weighted by Crippen LogP contribution is 2.28. The van der Waals surface area contributed by atoms with Crippen molar-refractivity contribution in [3.63, 3.8) is 0 Å². The van der Waals surface area contributed by atoms with Gasteiger partial charge in [0, 0.05) is 17.1 Å². The van der Waals surface area contributed by atoms with E-state index in [1.807, 2.05) is 0 Å². The molecule has 0 unspecified atom stereocenters. The molecule has 0 aliphatic carbocycles. The summed E-state index contributed by atoms with van der Waals surface area (Å²) in [6.07, 6.45) is -1.95. The molecule has 0 saturated heterocycles. The topological polar surface area (TPSA) is 63.0 Å². The highest BCUT2D eigenvalue weighted by atomic mass is 79.9. The number of hydrogen-bond acceptors (Lipinski definition) is 4. The van der Waals surface area contributed by atoms with Gasteiger partial charge in [-0.15, -0.1) is 0 Å². The lowest BCUT2D eigenvalue weighted by Gasteiger charge is -2.11. The van der Waals surface area contributed by atoms with Gasteiger partial charge in [0.2, 0.25) is 0 Å². The lowest BCUT2D eigenvalue weighted by Crippen LogP contribution is -2.11. The van der Waals surface area contributed by atoms with E-state index >= 15 is 0 Å². The van der Waals surface area contributed by atoms with Crippen molar-refractivity contribution in [3.8, 4) is 6.07 Å². The Kier molecular flexibility index (Phi) is 5.16. The minimum Gasteiger partial charge on any atom is -0.469 e. The van der Waals surface area contributed by atoms with Crippen molar-refractivity contribution in [2.75, 3.05) is 7.11 Å². The Morgan fingerprint density at radius 1 is 1.67 bits per heavy atom. The minimum atomic E-state index is -2.72. The van der Waals surface area contributed by atoms with Crippen LogP contribution < -0.4 is 0 Å². The summed E-state index contributed by atoms with van der Waals surface area (Å²) in [5, 5.41) is 9.10. The predicted octanol–water partition coefficient (Wildman–Crippen LogP) is 2.50. The third-order valence-electron chi connectivity index (χ3n) is 2.32. The maximum Gasteiger partial charge on any atom is 0.311 e. The zero-order valence-electron chi connectivity index (χ0n) is 9.41. The third kappa shape index (κ3) is 3.01. The number of nitriles is 1. The quantitative estimate of drug-likeness (QED) is 0.632. The van der Waals surface area contributed by atoms with Crippen LogP contribution in [0.5, 0.6) is 0 Å². The molecule has 96 valence electrons. The molecule has 4 nitrogen and oxygen atoms in total. The molecule has 0 radical (unpaired) electrons. The molecule has 1 aromatic rings. The lowest BCUT2D eigenvalue weighted by molar-refractivity contribution is -0.139. The zero-order chi connectivity index (χ0) is 13.7. The molecule has 0 spiro atoms. The Labute approximate surface area is 111 Å². The average Bonchev–Trinajstić information content (AvgIpc) is 2.37. The molecule has 7 heteroatoms. The predicted molar refractivity (Wildman–Crippen MR) is 62.3 cm³/mol. The number of carbonyl (C=O) groups excluding carboxylic acids is 1. The second-order valence-corrected chi connectivity index (χ2v) is 3.87. The van der Waals surface area contributed by atoms with Crippen LogP contribution in [0.1, 0.15) is 28.8 Å². The van der Waals surface area contributed by atoms with Crippen LogP contribution in [-0.4, -0.2) is 18.1 Å². The number of carbonyl (C=O) groups is 1. The second-order valence-electron chi connectivity index (χ2n) is 3.31. The highest BCUT2D eigenvalue weighted by molar-refractivity contribution is 9.08. The first-order chi connectivity index (χ1) is 8.54. The van der Waals surface area contributed by atoms with E-state index in [0.29, 0.717) is 0 Å². The number of aromatic nitrogens is 1. The number of rotatable bonds is 4. The van der Waals surface area contributed by atoms with Gasteiger partial charge in [-0.25, -0.2) is 8.78 Å². The van der Waals surface area contributed by atoms with Crippen LogP contribution in [0.25, 0.3) is 0 Å². The fourth-order valence-electron chi connectivity index (χ4n) is 1.42. The van der Waals surface area contributed by atoms with Crippen molar-refractivity contribution >= 4 is 21.9 Å². The summed E-state index contributed by atoms with van der Waals surface area (Å²) in [7, 11) is 1.20. The van der Waals surface area contributed by atoms with Gasteiger partial charge in [-0.05, 0) is 5.56 Å². The summed E-state index contributed by atoms with van der Waals surface area (Å²) < 4.78 is 29.9. The van der Waals surface area contributed by atoms with E-state index in [4.69, 9.17) is 5.26 Å². The van der Waals surface area contributed by atoms with E-state index in [1.165, 1.54) is 7.11 Å². The van der Waals surface area contributed by atoms with Crippen molar-refractivity contribution < 1.29 is 18.3 Å². The van der Waals surface area contributed by atoms with Crippen LogP contribution in [-0.2, 0) is 21.3 Å². The van der Waals surface area contributed by atoms with Gasteiger partial charge in [0.1, 0.15) is 6.07 Å². The van der Waals surface area contributed by atoms with Crippen molar-refractivity contribution in [2.45, 2.75) is 18.2 Å². The van der Waals surface area contributed by atoms with Crippen LogP contribution in [0.4, 0.5) is 8.78 Å². The number of halogens is 3. The number of alkyl halides is 3. The summed E-state index contributed by atoms with van der Waals surface area (Å²) in [5.74, 6) is -0.579. The average molecular weight is 319 g/mol. The fraction of sp³-hybridized carbons (Fsp3) is 0.364. The summed E-state index contributed by atoms with van der Waals surface area (Å²) >= 11 is 3.06. The standard InChI is InChI=1S/C11H9BrF2N2O2/c1-18-10(17)2-9-7(4-15)6(3-12)8(5-16-9)11(13)14/h5,11H,2-3H2,1H3. The molecule has 18 heavy (non-hydrogen) atoms. The number of esters is 1. The van der Waals surface area contributed by atoms with E-state index < -0.39 is 12.4 Å². The molecular formula is C11H9BrF2N2O2. The van der Waals surface area contributed by atoms with Gasteiger partial charge in [-0.3, -0.25) is 9.78 Å². The Morgan fingerprint density at radius 2 is 2.33 bits per heavy atom. The number of nitrogens with zero attached hydrogens (tertiary/aromatic N) is 2. The van der Waals surface area contributed by atoms with Crippen molar-refractivity contribution in [1.82, 2.24) is 4.98 Å². The molecule has 1 rings (SSSR count). The van der Waals surface area contributed by atoms with Gasteiger partial charge < -0.3 is 4.74 Å². The van der Waals surface area contributed by atoms with E-state index in [1.54, 1.807) is 6.07 Å². The van der Waals surface area contributed by atoms with Gasteiger partial charge in [0.05, 0.1) is 24.8 Å². The summed E-state index contributed by atoms with van der Waals surface area (Å²) in [6.45, 7) is 0. The Balaban J connectivity index is 3.31. The molecule has 0 fully saturated rings. The maximum atomic E-state index is 12.7. The molecular weight excluding hydrogens is 310 g/mol. The SMILES string of the molecule is COC(=O)Cc1ncc(C(F)F)c(CBr)c1C#N. The minimum absolute atomic E-state index is 0.00456. The highest BCUT2D eigenvalue weighted by Gasteiger charge is 2.20. The summed E-state index contributed by atoms with van der Waals surface area (Å²) in [4.78, 5) is 14.9. The molecule has 0 N–H and O–H groups in total. The Morgan fingerprint density at radius 3 is 2.78 bits per heavy atom. The number of methoxy groups -OCH3 is 1. The molecule has 0 aromatic carbocycles. The summed E-state index contributed by atoms with van der Waals surface area (Å²) in [5.41, 5.74) is -0.0169. The van der Waals surface area contributed by atoms with Crippen LogP contribution in [0, 0.1) is 11.3 Å². The fourth-order valence-corrected chi connectivity index (χ4v) is 2.02. The molecule has 0 bridgehead atoms. The van der Waals surface area contributed by atoms with E-state index in [9.17, 15) is 13.6 Å². The Hall–Kier alpha value is -1.55. The zero-order valence-corrected chi connectivity index (χ0v) is 11.0. The maximum absolute atomic E-state index is 12.7. The van der Waals surface area contributed by atoms with Gasteiger partial charge in [-0.1, -0.05) is 15.9 Å². The van der Waals surface area contributed by atoms with Gasteiger partial charge in [0.15, 0.2) is 0 Å². The van der Waals surface area contributed by atoms with E-state index in [2.05, 4.69) is 25.7 Å². The van der Waals surface area contributed by atoms with Crippen molar-refractivity contribution in [1.29, 1.82) is 5.26 Å². The van der Waals surface area contributed by atoms with Crippen LogP contribution in [0.3, 0.4) is 0 Å². The normalized spacial score (nSPS) is 10.2. The van der Waals surface area contributed by atoms with Crippen LogP contribution in [0.15, 0.2) is 6.20 Å². The van der Waals surface area contributed by atoms with Crippen molar-refractivity contribution in [3.05, 3.63) is 28.6 Å². The van der Waals surface area contributed by atoms with Crippen molar-refractivity contribution in [2.24, 2.45) is 0 Å². The molecule has 0 aliphatic heterocycles. The first-order valence-electron chi connectivity index (χ1n) is 4.86. The molecule has 0 aliphatic rings. The lowest BCUT2D eigenvalue weighted by atomic mass is 10.0. The first-order valence-corrected chi connectivity index (χ1v) is 5.99. The van der Waals surface area contributed by atoms with Gasteiger partial charge >= 0.3 is 5.97 Å². The van der Waals surface area contributed by atoms with E-state index in [-0.39, 0.29) is 34.1 Å². The summed E-state index contributed by atoms with van der Waals surface area (Å²) in [6, 6.07) is 1.81. The van der Waals surface area contributed by atoms with Gasteiger partial charge in [-0.2, -0.15) is 5.26 Å². The smallest absolute Gasteiger partial charge is 0.311 e. The second kappa shape index (κ2) is 6.40. The molecule has 0 amide bonds. The van der Waals surface area contributed by atoms with Crippen LogP contribution >= 0.6 is 15.9 Å². The molecule has 1 heterocycles. The monoisotopic (exact) mass is 318 g/mol. The molecule has 0 atom stereocenters. The van der Waals surface area contributed by atoms with Crippen LogP contribution in [0.2, 0.25) is 0 Å².